The van der Waals surface area contributed by atoms with Crippen LogP contribution < -0.4 is 14.8 Å². The monoisotopic (exact) mass is 275 g/mol. The fourth-order valence-corrected chi connectivity index (χ4v) is 1.66. The van der Waals surface area contributed by atoms with Gasteiger partial charge in [0.05, 0.1) is 13.7 Å². The Labute approximate surface area is 122 Å². The van der Waals surface area contributed by atoms with Crippen LogP contribution in [0.3, 0.4) is 0 Å². The normalized spacial score (nSPS) is 10.7. The average Bonchev–Trinajstić information content (AvgIpc) is 2.41. The Kier molecular flexibility index (Phi) is 6.41. The van der Waals surface area contributed by atoms with E-state index in [9.17, 15) is 0 Å². The van der Waals surface area contributed by atoms with Crippen molar-refractivity contribution in [1.29, 1.82) is 0 Å². The molecule has 0 saturated heterocycles. The second kappa shape index (κ2) is 7.81. The van der Waals surface area contributed by atoms with Crippen molar-refractivity contribution in [1.82, 2.24) is 5.32 Å². The number of nitrogens with one attached hydrogen (secondary N) is 1. The molecule has 0 aliphatic carbocycles. The molecule has 1 aromatic carbocycles. The van der Waals surface area contributed by atoms with Gasteiger partial charge in [0, 0.05) is 24.1 Å². The van der Waals surface area contributed by atoms with Gasteiger partial charge in [-0.25, -0.2) is 0 Å². The summed E-state index contributed by atoms with van der Waals surface area (Å²) in [6.07, 6.45) is 0.745. The molecule has 0 heterocycles. The highest BCUT2D eigenvalue weighted by molar-refractivity contribution is 5.40. The molecule has 3 heteroatoms. The van der Waals surface area contributed by atoms with E-state index in [0.717, 1.165) is 30.0 Å². The number of methoxy groups -OCH3 is 1. The van der Waals surface area contributed by atoms with Crippen LogP contribution in [0.5, 0.6) is 11.5 Å². The molecule has 0 amide bonds. The highest BCUT2D eigenvalue weighted by atomic mass is 16.5. The zero-order chi connectivity index (χ0) is 15.0. The van der Waals surface area contributed by atoms with Crippen LogP contribution in [0.15, 0.2) is 18.2 Å². The van der Waals surface area contributed by atoms with Crippen molar-refractivity contribution in [2.45, 2.75) is 46.2 Å². The molecular weight excluding hydrogens is 250 g/mol. The summed E-state index contributed by atoms with van der Waals surface area (Å²) in [7, 11) is 1.67. The van der Waals surface area contributed by atoms with Crippen LogP contribution in [0.2, 0.25) is 0 Å². The molecule has 0 spiro atoms. The first-order valence-electron chi connectivity index (χ1n) is 6.90. The molecule has 20 heavy (non-hydrogen) atoms. The summed E-state index contributed by atoms with van der Waals surface area (Å²) in [5.41, 5.74) is 1.16. The van der Waals surface area contributed by atoms with Crippen molar-refractivity contribution in [2.75, 3.05) is 13.7 Å². The van der Waals surface area contributed by atoms with Gasteiger partial charge in [0.15, 0.2) is 0 Å². The molecule has 1 aromatic rings. The minimum absolute atomic E-state index is 0.0635. The molecule has 0 saturated carbocycles. The van der Waals surface area contributed by atoms with E-state index in [0.29, 0.717) is 6.61 Å². The molecule has 0 bridgehead atoms. The maximum Gasteiger partial charge on any atom is 0.124 e. The van der Waals surface area contributed by atoms with Crippen molar-refractivity contribution in [3.05, 3.63) is 23.8 Å². The highest BCUT2D eigenvalue weighted by Gasteiger charge is 2.12. The topological polar surface area (TPSA) is 30.5 Å². The summed E-state index contributed by atoms with van der Waals surface area (Å²) in [5.74, 6) is 7.60. The molecule has 0 aromatic heterocycles. The summed E-state index contributed by atoms with van der Waals surface area (Å²) in [4.78, 5) is 0. The highest BCUT2D eigenvalue weighted by Crippen LogP contribution is 2.24. The molecule has 1 rings (SSSR count). The van der Waals surface area contributed by atoms with E-state index >= 15 is 0 Å². The lowest BCUT2D eigenvalue weighted by Gasteiger charge is -2.22. The van der Waals surface area contributed by atoms with E-state index < -0.39 is 0 Å². The zero-order valence-corrected chi connectivity index (χ0v) is 13.2. The van der Waals surface area contributed by atoms with Crippen LogP contribution in [0.1, 0.15) is 39.7 Å². The van der Waals surface area contributed by atoms with Gasteiger partial charge in [-0.1, -0.05) is 0 Å². The number of rotatable bonds is 6. The van der Waals surface area contributed by atoms with Gasteiger partial charge in [-0.15, -0.1) is 11.8 Å². The first-order valence-corrected chi connectivity index (χ1v) is 6.90. The quantitative estimate of drug-likeness (QED) is 0.638. The molecule has 0 unspecified atom stereocenters. The van der Waals surface area contributed by atoms with Gasteiger partial charge in [0.2, 0.25) is 0 Å². The largest absolute Gasteiger partial charge is 0.497 e. The van der Waals surface area contributed by atoms with Crippen LogP contribution in [0.25, 0.3) is 0 Å². The molecule has 0 atom stereocenters. The Balaban J connectivity index is 2.77. The Morgan fingerprint density at radius 3 is 2.60 bits per heavy atom. The van der Waals surface area contributed by atoms with E-state index in [1.165, 1.54) is 0 Å². The zero-order valence-electron chi connectivity index (χ0n) is 13.2. The standard InChI is InChI=1S/C17H25NO2/c1-6-7-8-11-20-16-10-9-15(19-5)12-14(16)13-18-17(2,3)4/h9-10,12,18H,8,11,13H2,1-5H3. The van der Waals surface area contributed by atoms with E-state index in [2.05, 4.69) is 37.9 Å². The van der Waals surface area contributed by atoms with Crippen molar-refractivity contribution in [2.24, 2.45) is 0 Å². The Morgan fingerprint density at radius 2 is 2.00 bits per heavy atom. The first kappa shape index (κ1) is 16.4. The van der Waals surface area contributed by atoms with Crippen molar-refractivity contribution in [3.63, 3.8) is 0 Å². The minimum atomic E-state index is 0.0635. The maximum absolute atomic E-state index is 5.81. The van der Waals surface area contributed by atoms with Crippen LogP contribution in [0, 0.1) is 11.8 Å². The number of hydrogen-bond donors (Lipinski definition) is 1. The van der Waals surface area contributed by atoms with Gasteiger partial charge in [-0.2, -0.15) is 0 Å². The van der Waals surface area contributed by atoms with Crippen LogP contribution in [-0.2, 0) is 6.54 Å². The molecule has 0 aliphatic heterocycles. The lowest BCUT2D eigenvalue weighted by atomic mass is 10.1. The van der Waals surface area contributed by atoms with E-state index in [-0.39, 0.29) is 5.54 Å². The maximum atomic E-state index is 5.81. The van der Waals surface area contributed by atoms with Gasteiger partial charge in [0.25, 0.3) is 0 Å². The van der Waals surface area contributed by atoms with Crippen LogP contribution >= 0.6 is 0 Å². The number of ether oxygens (including phenoxy) is 2. The van der Waals surface area contributed by atoms with Crippen molar-refractivity contribution < 1.29 is 9.47 Å². The summed E-state index contributed by atoms with van der Waals surface area (Å²) >= 11 is 0. The van der Waals surface area contributed by atoms with Gasteiger partial charge in [-0.3, -0.25) is 0 Å². The lowest BCUT2D eigenvalue weighted by molar-refractivity contribution is 0.319. The SMILES string of the molecule is CC#CCCOc1ccc(OC)cc1CNC(C)(C)C. The predicted octanol–water partition coefficient (Wildman–Crippen LogP) is 3.38. The van der Waals surface area contributed by atoms with E-state index in [1.807, 2.05) is 25.1 Å². The van der Waals surface area contributed by atoms with Gasteiger partial charge >= 0.3 is 0 Å². The second-order valence-corrected chi connectivity index (χ2v) is 5.60. The molecule has 0 aliphatic rings. The van der Waals surface area contributed by atoms with Crippen molar-refractivity contribution >= 4 is 0 Å². The third-order valence-electron chi connectivity index (χ3n) is 2.74. The van der Waals surface area contributed by atoms with Gasteiger partial charge in [-0.05, 0) is 45.9 Å². The number of hydrogen-bond acceptors (Lipinski definition) is 3. The Bertz CT molecular complexity index is 478. The van der Waals surface area contributed by atoms with Gasteiger partial charge < -0.3 is 14.8 Å². The predicted molar refractivity (Wildman–Crippen MR) is 83.1 cm³/mol. The fourth-order valence-electron chi connectivity index (χ4n) is 1.66. The van der Waals surface area contributed by atoms with Crippen LogP contribution in [-0.4, -0.2) is 19.3 Å². The molecule has 0 radical (unpaired) electrons. The third-order valence-corrected chi connectivity index (χ3v) is 2.74. The smallest absolute Gasteiger partial charge is 0.124 e. The Hall–Kier alpha value is -1.66. The summed E-state index contributed by atoms with van der Waals surface area (Å²) in [6, 6.07) is 5.89. The molecule has 110 valence electrons. The van der Waals surface area contributed by atoms with E-state index in [1.54, 1.807) is 7.11 Å². The molecule has 0 fully saturated rings. The summed E-state index contributed by atoms with van der Waals surface area (Å²) < 4.78 is 11.1. The third kappa shape index (κ3) is 5.99. The Morgan fingerprint density at radius 1 is 1.25 bits per heavy atom. The molecular formula is C17H25NO2. The van der Waals surface area contributed by atoms with Crippen molar-refractivity contribution in [3.8, 4) is 23.3 Å². The minimum Gasteiger partial charge on any atom is -0.497 e. The second-order valence-electron chi connectivity index (χ2n) is 5.60. The molecule has 1 N–H and O–H groups in total. The lowest BCUT2D eigenvalue weighted by Crippen LogP contribution is -2.35. The molecule has 3 nitrogen and oxygen atoms in total. The average molecular weight is 275 g/mol. The first-order chi connectivity index (χ1) is 9.46. The van der Waals surface area contributed by atoms with Crippen LogP contribution in [0.4, 0.5) is 0 Å². The van der Waals surface area contributed by atoms with Gasteiger partial charge in [0.1, 0.15) is 11.5 Å². The summed E-state index contributed by atoms with van der Waals surface area (Å²) in [5, 5.41) is 3.47. The van der Waals surface area contributed by atoms with E-state index in [4.69, 9.17) is 9.47 Å². The summed E-state index contributed by atoms with van der Waals surface area (Å²) in [6.45, 7) is 9.62. The fraction of sp³-hybridized carbons (Fsp3) is 0.529. The number of benzene rings is 1.